The molecule has 2 N–H and O–H groups in total. The van der Waals surface area contributed by atoms with Gasteiger partial charge < -0.3 is 10.5 Å². The van der Waals surface area contributed by atoms with Gasteiger partial charge in [-0.05, 0) is 18.6 Å². The van der Waals surface area contributed by atoms with Crippen molar-refractivity contribution in [1.29, 1.82) is 0 Å². The highest BCUT2D eigenvalue weighted by atomic mass is 79.9. The molecule has 0 aromatic heterocycles. The second-order valence-electron chi connectivity index (χ2n) is 3.31. The Morgan fingerprint density at radius 3 is 2.47 bits per heavy atom. The Labute approximate surface area is 104 Å². The van der Waals surface area contributed by atoms with Crippen LogP contribution in [0.2, 0.25) is 0 Å². The van der Waals surface area contributed by atoms with Crippen molar-refractivity contribution in [3.8, 4) is 5.75 Å². The highest BCUT2D eigenvalue weighted by Gasteiger charge is 2.31. The van der Waals surface area contributed by atoms with Crippen molar-refractivity contribution in [1.82, 2.24) is 0 Å². The summed E-state index contributed by atoms with van der Waals surface area (Å²) in [5.74, 6) is -0.608. The first-order valence-corrected chi connectivity index (χ1v) is 5.42. The molecule has 0 spiro atoms. The van der Waals surface area contributed by atoms with E-state index in [2.05, 4.69) is 20.7 Å². The first kappa shape index (κ1) is 13.8. The third-order valence-corrected chi connectivity index (χ3v) is 3.06. The Kier molecular flexibility index (Phi) is 4.03. The van der Waals surface area contributed by atoms with Gasteiger partial charge in [-0.25, -0.2) is 0 Å². The molecular formula is C10H9BrF3NO2. The Hall–Kier alpha value is -1.24. The summed E-state index contributed by atoms with van der Waals surface area (Å²) < 4.78 is 39.5. The van der Waals surface area contributed by atoms with Gasteiger partial charge in [-0.1, -0.05) is 22.0 Å². The summed E-state index contributed by atoms with van der Waals surface area (Å²) in [6.07, 6.45) is -4.76. The number of benzene rings is 1. The average Bonchev–Trinajstić information content (AvgIpc) is 2.14. The molecule has 0 saturated heterocycles. The summed E-state index contributed by atoms with van der Waals surface area (Å²) in [7, 11) is 0. The van der Waals surface area contributed by atoms with E-state index in [0.29, 0.717) is 5.56 Å². The smallest absolute Gasteiger partial charge is 0.406 e. The van der Waals surface area contributed by atoms with Crippen LogP contribution in [0.4, 0.5) is 18.9 Å². The minimum absolute atomic E-state index is 0.0591. The van der Waals surface area contributed by atoms with E-state index in [1.165, 1.54) is 13.0 Å². The number of nitrogen functional groups attached to an aromatic ring is 1. The van der Waals surface area contributed by atoms with E-state index in [-0.39, 0.29) is 11.5 Å². The maximum absolute atomic E-state index is 11.9. The number of rotatable bonds is 3. The topological polar surface area (TPSA) is 52.3 Å². The number of hydrogen-bond donors (Lipinski definition) is 1. The summed E-state index contributed by atoms with van der Waals surface area (Å²) in [6.45, 7) is 1.35. The molecule has 0 aliphatic rings. The van der Waals surface area contributed by atoms with Gasteiger partial charge in [-0.2, -0.15) is 0 Å². The minimum Gasteiger partial charge on any atom is -0.406 e. The zero-order valence-corrected chi connectivity index (χ0v) is 10.3. The molecule has 0 bridgehead atoms. The van der Waals surface area contributed by atoms with Crippen molar-refractivity contribution in [3.05, 3.63) is 23.8 Å². The molecule has 3 nitrogen and oxygen atoms in total. The fourth-order valence-electron chi connectivity index (χ4n) is 1.20. The lowest BCUT2D eigenvalue weighted by Crippen LogP contribution is -2.17. The van der Waals surface area contributed by atoms with Gasteiger partial charge in [0.25, 0.3) is 0 Å². The summed E-state index contributed by atoms with van der Waals surface area (Å²) in [4.78, 5) is 10.5. The van der Waals surface area contributed by atoms with Crippen molar-refractivity contribution in [2.24, 2.45) is 0 Å². The Balaban J connectivity index is 2.98. The molecule has 1 unspecified atom stereocenters. The van der Waals surface area contributed by atoms with E-state index >= 15 is 0 Å². The van der Waals surface area contributed by atoms with Gasteiger partial charge in [-0.15, -0.1) is 13.2 Å². The van der Waals surface area contributed by atoms with Crippen molar-refractivity contribution < 1.29 is 22.7 Å². The van der Waals surface area contributed by atoms with Crippen LogP contribution >= 0.6 is 15.9 Å². The molecular weight excluding hydrogens is 303 g/mol. The zero-order chi connectivity index (χ0) is 13.2. The van der Waals surface area contributed by atoms with Crippen LogP contribution in [0.3, 0.4) is 0 Å². The quantitative estimate of drug-likeness (QED) is 0.689. The van der Waals surface area contributed by atoms with Gasteiger partial charge in [0.15, 0.2) is 0 Å². The van der Waals surface area contributed by atoms with E-state index in [1.54, 1.807) is 0 Å². The summed E-state index contributed by atoms with van der Waals surface area (Å²) in [5, 5.41) is 0. The molecule has 0 radical (unpaired) electrons. The normalized spacial score (nSPS) is 13.2. The van der Waals surface area contributed by atoms with Gasteiger partial charge in [-0.3, -0.25) is 4.79 Å². The largest absolute Gasteiger partial charge is 0.573 e. The molecule has 0 amide bonds. The first-order chi connectivity index (χ1) is 7.70. The Morgan fingerprint density at radius 2 is 2.06 bits per heavy atom. The SMILES string of the molecule is CC(=O)C(Br)c1ccc(OC(F)(F)F)cc1N. The number of anilines is 1. The molecule has 1 aromatic carbocycles. The maximum Gasteiger partial charge on any atom is 0.573 e. The third kappa shape index (κ3) is 3.92. The number of halogens is 4. The minimum atomic E-state index is -4.76. The average molecular weight is 312 g/mol. The number of carbonyl (C=O) groups excluding carboxylic acids is 1. The number of ether oxygens (including phenoxy) is 1. The number of hydrogen-bond acceptors (Lipinski definition) is 3. The van der Waals surface area contributed by atoms with Crippen molar-refractivity contribution in [3.63, 3.8) is 0 Å². The van der Waals surface area contributed by atoms with E-state index in [1.807, 2.05) is 0 Å². The van der Waals surface area contributed by atoms with Gasteiger partial charge in [0, 0.05) is 11.8 Å². The molecule has 17 heavy (non-hydrogen) atoms. The molecule has 0 saturated carbocycles. The van der Waals surface area contributed by atoms with Crippen LogP contribution in [0, 0.1) is 0 Å². The van der Waals surface area contributed by atoms with Gasteiger partial charge in [0.1, 0.15) is 11.5 Å². The lowest BCUT2D eigenvalue weighted by molar-refractivity contribution is -0.274. The van der Waals surface area contributed by atoms with Gasteiger partial charge in [0.2, 0.25) is 0 Å². The summed E-state index contributed by atoms with van der Waals surface area (Å²) in [6, 6.07) is 3.45. The first-order valence-electron chi connectivity index (χ1n) is 4.50. The van der Waals surface area contributed by atoms with Gasteiger partial charge in [0.05, 0.1) is 4.83 Å². The molecule has 94 valence electrons. The monoisotopic (exact) mass is 311 g/mol. The highest BCUT2D eigenvalue weighted by molar-refractivity contribution is 9.09. The van der Waals surface area contributed by atoms with Crippen LogP contribution in [0.1, 0.15) is 17.3 Å². The highest BCUT2D eigenvalue weighted by Crippen LogP contribution is 2.32. The van der Waals surface area contributed by atoms with Gasteiger partial charge >= 0.3 is 6.36 Å². The number of nitrogens with two attached hydrogens (primary N) is 1. The van der Waals surface area contributed by atoms with E-state index in [9.17, 15) is 18.0 Å². The number of ketones is 1. The van der Waals surface area contributed by atoms with Crippen molar-refractivity contribution in [2.45, 2.75) is 18.1 Å². The lowest BCUT2D eigenvalue weighted by atomic mass is 10.1. The number of Topliss-reactive ketones (excluding diaryl/α,β-unsaturated/α-hetero) is 1. The Morgan fingerprint density at radius 1 is 1.47 bits per heavy atom. The molecule has 7 heteroatoms. The van der Waals surface area contributed by atoms with Crippen molar-refractivity contribution in [2.75, 3.05) is 5.73 Å². The van der Waals surface area contributed by atoms with E-state index in [0.717, 1.165) is 12.1 Å². The molecule has 0 fully saturated rings. The molecule has 1 aromatic rings. The predicted molar refractivity (Wildman–Crippen MR) is 59.9 cm³/mol. The second kappa shape index (κ2) is 4.95. The molecule has 1 atom stereocenters. The zero-order valence-electron chi connectivity index (χ0n) is 8.72. The lowest BCUT2D eigenvalue weighted by Gasteiger charge is -2.13. The molecule has 0 aliphatic carbocycles. The maximum atomic E-state index is 11.9. The van der Waals surface area contributed by atoms with Crippen LogP contribution in [0.15, 0.2) is 18.2 Å². The summed E-state index contributed by atoms with van der Waals surface area (Å²) >= 11 is 3.09. The molecule has 0 heterocycles. The van der Waals surface area contributed by atoms with Crippen LogP contribution in [-0.2, 0) is 4.79 Å². The fraction of sp³-hybridized carbons (Fsp3) is 0.300. The fourth-order valence-corrected chi connectivity index (χ4v) is 1.62. The van der Waals surface area contributed by atoms with Crippen LogP contribution < -0.4 is 10.5 Å². The predicted octanol–water partition coefficient (Wildman–Crippen LogP) is 3.19. The second-order valence-corrected chi connectivity index (χ2v) is 4.23. The van der Waals surface area contributed by atoms with E-state index in [4.69, 9.17) is 5.73 Å². The van der Waals surface area contributed by atoms with Crippen LogP contribution in [0.25, 0.3) is 0 Å². The molecule has 1 rings (SSSR count). The molecule has 0 aliphatic heterocycles. The Bertz CT molecular complexity index is 434. The van der Waals surface area contributed by atoms with Crippen molar-refractivity contribution >= 4 is 27.4 Å². The third-order valence-electron chi connectivity index (χ3n) is 1.92. The van der Waals surface area contributed by atoms with Crippen LogP contribution in [-0.4, -0.2) is 12.1 Å². The number of alkyl halides is 4. The van der Waals surface area contributed by atoms with Crippen LogP contribution in [0.5, 0.6) is 5.75 Å². The van der Waals surface area contributed by atoms with E-state index < -0.39 is 16.9 Å². The summed E-state index contributed by atoms with van der Waals surface area (Å²) in [5.41, 5.74) is 6.02. The number of carbonyl (C=O) groups is 1. The standard InChI is InChI=1S/C10H9BrF3NO2/c1-5(16)9(11)7-3-2-6(4-8(7)15)17-10(12,13)14/h2-4,9H,15H2,1H3.